The van der Waals surface area contributed by atoms with Gasteiger partial charge < -0.3 is 185 Å². The van der Waals surface area contributed by atoms with Crippen molar-refractivity contribution in [2.45, 2.75) is 460 Å². The van der Waals surface area contributed by atoms with E-state index in [1.807, 2.05) is 6.08 Å². The van der Waals surface area contributed by atoms with Gasteiger partial charge in [0.1, 0.15) is 134 Å². The van der Waals surface area contributed by atoms with Gasteiger partial charge in [-0.25, -0.2) is 9.59 Å². The van der Waals surface area contributed by atoms with E-state index in [0.717, 1.165) is 85.0 Å². The molecule has 0 spiro atoms. The molecule has 6 saturated heterocycles. The predicted octanol–water partition coefficient (Wildman–Crippen LogP) is -1.75. The summed E-state index contributed by atoms with van der Waals surface area (Å²) in [6.07, 6.45) is -19.5. The summed E-state index contributed by atoms with van der Waals surface area (Å²) in [4.78, 5) is 79.2. The van der Waals surface area contributed by atoms with Crippen LogP contribution < -0.4 is 21.3 Å². The second kappa shape index (κ2) is 60.9. The lowest BCUT2D eigenvalue weighted by Gasteiger charge is -2.51. The molecule has 6 fully saturated rings. The molecule has 6 heterocycles. The average molecular weight is 1920 g/mol. The van der Waals surface area contributed by atoms with E-state index < -0.39 is 296 Å². The first-order chi connectivity index (χ1) is 63.5. The van der Waals surface area contributed by atoms with Crippen molar-refractivity contribution in [2.75, 3.05) is 46.2 Å². The maximum atomic E-state index is 13.8. The first-order valence-electron chi connectivity index (χ1n) is 47.9. The maximum Gasteiger partial charge on any atom is 0.364 e. The molecule has 772 valence electrons. The van der Waals surface area contributed by atoms with Gasteiger partial charge in [0.15, 0.2) is 25.2 Å². The number of unbranched alkanes of at least 4 members (excludes halogenated alkanes) is 28. The van der Waals surface area contributed by atoms with E-state index in [2.05, 4.69) is 47.3 Å². The predicted molar refractivity (Wildman–Crippen MR) is 467 cm³/mol. The van der Waals surface area contributed by atoms with Crippen LogP contribution in [0.2, 0.25) is 0 Å². The summed E-state index contributed by atoms with van der Waals surface area (Å²) >= 11 is 0. The summed E-state index contributed by atoms with van der Waals surface area (Å²) in [6.45, 7) is -0.676. The highest BCUT2D eigenvalue weighted by atomic mass is 16.8. The third-order valence-corrected chi connectivity index (χ3v) is 25.3. The van der Waals surface area contributed by atoms with Crippen molar-refractivity contribution >= 4 is 35.6 Å². The number of aliphatic carboxylic acids is 2. The van der Waals surface area contributed by atoms with Crippen molar-refractivity contribution in [1.82, 2.24) is 21.3 Å². The van der Waals surface area contributed by atoms with Crippen molar-refractivity contribution < 1.29 is 193 Å². The Labute approximate surface area is 777 Å². The van der Waals surface area contributed by atoms with Crippen LogP contribution in [-0.2, 0) is 85.6 Å². The highest BCUT2D eigenvalue weighted by molar-refractivity contribution is 5.78. The van der Waals surface area contributed by atoms with Gasteiger partial charge >= 0.3 is 11.9 Å². The molecule has 12 unspecified atom stereocenters. The summed E-state index contributed by atoms with van der Waals surface area (Å²) in [5.41, 5.74) is 0. The number of hydrogen-bond donors (Lipinski definition) is 25. The molecular formula is C90H158N4O39. The molecule has 6 rings (SSSR count). The standard InChI is InChI=1S/C90H158N4O39/c1-6-8-10-12-14-16-18-20-21-22-23-24-25-26-27-29-31-33-35-37-39-41-64(107)94-54(55(103)40-38-36-34-32-30-28-19-17-15-13-11-9-7-2)49-122-84-76(116)73(113)79(61(47-98)125-84)129-86-77(117)74(114)78(62(48-99)126-86)128-83-67(93-53(5)102)80(130-85-75(115)72(112)69(109)59(45-96)124-85)71(111)63(127-83)50-123-89(87(118)119)42-56(104)66(92-52(4)101)82(132-89)70(110)60(46-97)131-90(88(120)121)43-57(105)65(91-51(3)100)81(133-90)68(108)58(106)44-95/h20-21,38,40,54-63,65-86,95-99,103-106,108-117H,6-19,22-37,39,41-50H2,1-5H3,(H,91,100)(H,92,101)(H,93,102)(H,94,107)(H,118,119)(H,120,121)/b21-20-,40-38+/t54-,55+,56?,57?,58+,59?,60+,61?,62?,63?,65+,66+,67?,68+,69-,70+,71-,72-,73+,74+,75?,76?,77?,78-,79+,80+,81?,82?,83-,84+,85-,86-,89+,90+/m0/s1. The quantitative estimate of drug-likeness (QED) is 0.0237. The van der Waals surface area contributed by atoms with Gasteiger partial charge in [0, 0.05) is 40.0 Å². The first kappa shape index (κ1) is 117. The molecule has 6 aliphatic rings. The van der Waals surface area contributed by atoms with E-state index in [9.17, 15) is 136 Å². The van der Waals surface area contributed by atoms with E-state index in [4.69, 9.17) is 56.8 Å². The van der Waals surface area contributed by atoms with Gasteiger partial charge in [0.25, 0.3) is 11.6 Å². The average Bonchev–Trinajstić information content (AvgIpc) is 0.766. The Balaban J connectivity index is 1.17. The third-order valence-electron chi connectivity index (χ3n) is 25.3. The van der Waals surface area contributed by atoms with E-state index in [0.29, 0.717) is 12.8 Å². The molecule has 0 radical (unpaired) electrons. The second-order valence-corrected chi connectivity index (χ2v) is 36.0. The number of carbonyl (C=O) groups is 6. The van der Waals surface area contributed by atoms with E-state index in [-0.39, 0.29) is 12.3 Å². The molecule has 0 aliphatic carbocycles. The fourth-order valence-electron chi connectivity index (χ4n) is 17.6. The van der Waals surface area contributed by atoms with E-state index >= 15 is 0 Å². The zero-order chi connectivity index (χ0) is 98.1. The minimum Gasteiger partial charge on any atom is -0.477 e. The highest BCUT2D eigenvalue weighted by Crippen LogP contribution is 2.41. The number of aliphatic hydroxyl groups excluding tert-OH is 19. The van der Waals surface area contributed by atoms with E-state index in [1.54, 1.807) is 6.08 Å². The minimum atomic E-state index is -3.40. The van der Waals surface area contributed by atoms with Crippen LogP contribution in [0.3, 0.4) is 0 Å². The zero-order valence-corrected chi connectivity index (χ0v) is 77.5. The molecule has 43 heteroatoms. The van der Waals surface area contributed by atoms with Crippen LogP contribution in [0.5, 0.6) is 0 Å². The maximum absolute atomic E-state index is 13.8. The number of carboxylic acids is 2. The summed E-state index contributed by atoms with van der Waals surface area (Å²) in [5, 5.41) is 246. The molecule has 25 N–H and O–H groups in total. The van der Waals surface area contributed by atoms with Crippen LogP contribution in [0.15, 0.2) is 24.3 Å². The number of carbonyl (C=O) groups excluding carboxylic acids is 4. The molecule has 0 aromatic rings. The van der Waals surface area contributed by atoms with Crippen molar-refractivity contribution in [2.24, 2.45) is 0 Å². The number of hydrogen-bond acceptors (Lipinski definition) is 37. The van der Waals surface area contributed by atoms with Gasteiger partial charge in [-0.15, -0.1) is 0 Å². The summed E-state index contributed by atoms with van der Waals surface area (Å²) in [6, 6.07) is -6.91. The fourth-order valence-corrected chi connectivity index (χ4v) is 17.6. The summed E-state index contributed by atoms with van der Waals surface area (Å²) in [7, 11) is 0. The largest absolute Gasteiger partial charge is 0.477 e. The lowest BCUT2D eigenvalue weighted by Crippen LogP contribution is -2.71. The minimum absolute atomic E-state index is 0.132. The monoisotopic (exact) mass is 1920 g/mol. The number of nitrogens with one attached hydrogen (secondary N) is 4. The van der Waals surface area contributed by atoms with Gasteiger partial charge in [-0.3, -0.25) is 19.2 Å². The smallest absolute Gasteiger partial charge is 0.364 e. The molecular weight excluding hydrogens is 1760 g/mol. The fraction of sp³-hybridized carbons (Fsp3) is 0.889. The second-order valence-electron chi connectivity index (χ2n) is 36.0. The van der Waals surface area contributed by atoms with Crippen LogP contribution in [0.1, 0.15) is 253 Å². The van der Waals surface area contributed by atoms with Gasteiger partial charge in [0.05, 0.1) is 82.7 Å². The Kier molecular flexibility index (Phi) is 53.5. The number of allylic oxidation sites excluding steroid dienone is 3. The molecule has 4 amide bonds. The first-order valence-corrected chi connectivity index (χ1v) is 47.9. The van der Waals surface area contributed by atoms with Crippen LogP contribution in [0.4, 0.5) is 0 Å². The van der Waals surface area contributed by atoms with Crippen molar-refractivity contribution in [3.63, 3.8) is 0 Å². The van der Waals surface area contributed by atoms with Crippen molar-refractivity contribution in [3.05, 3.63) is 24.3 Å². The number of carboxylic acid groups (broad SMARTS) is 2. The van der Waals surface area contributed by atoms with Crippen LogP contribution in [0.25, 0.3) is 0 Å². The molecule has 0 bridgehead atoms. The van der Waals surface area contributed by atoms with Gasteiger partial charge in [-0.2, -0.15) is 0 Å². The van der Waals surface area contributed by atoms with Crippen molar-refractivity contribution in [3.8, 4) is 0 Å². The number of rotatable bonds is 64. The third kappa shape index (κ3) is 36.0. The van der Waals surface area contributed by atoms with Crippen LogP contribution in [-0.4, -0.2) is 396 Å². The Morgan fingerprint density at radius 1 is 0.414 bits per heavy atom. The zero-order valence-electron chi connectivity index (χ0n) is 77.5. The van der Waals surface area contributed by atoms with Crippen LogP contribution in [0, 0.1) is 0 Å². The number of amides is 4. The molecule has 0 aromatic heterocycles. The van der Waals surface area contributed by atoms with Gasteiger partial charge in [-0.05, 0) is 44.9 Å². The molecule has 6 aliphatic heterocycles. The van der Waals surface area contributed by atoms with Crippen molar-refractivity contribution in [1.29, 1.82) is 0 Å². The lowest BCUT2D eigenvalue weighted by atomic mass is 9.87. The molecule has 0 aromatic carbocycles. The Bertz CT molecular complexity index is 3360. The Morgan fingerprint density at radius 3 is 1.26 bits per heavy atom. The molecule has 0 saturated carbocycles. The molecule has 133 heavy (non-hydrogen) atoms. The number of ether oxygens (including phenoxy) is 12. The molecule has 43 nitrogen and oxygen atoms in total. The highest BCUT2D eigenvalue weighted by Gasteiger charge is 2.63. The Morgan fingerprint density at radius 2 is 0.805 bits per heavy atom. The SMILES string of the molecule is CCCCCCCC/C=C\CCCCCCCCCCCCCC(=O)N[C@@H](CO[C@@H]1OC(CO)[C@@H](O[C@@H]2OC(CO)[C@H](O[C@@H]3OC(CO[C@]4(C(=O)O)CC(O)[C@@H](NC(C)=O)C([C@H](O)[C@@H](CO)O[C@]5(C(=O)O)CC(O)[C@@H](NC(C)=O)C([C@H](O)[C@H](O)CO)O5)O4)[C@H](O)[C@H](O[C@@H]4OC(CO)[C@H](O)[C@H](O)C4O)C3NC(C)=O)[C@H](O)C2O)[C@H](O)C1O)[C@H](O)/C=C/CCCCCCCCCCCCC. The normalized spacial score (nSPS) is 34.1. The topological polar surface area (TPSA) is 686 Å². The summed E-state index contributed by atoms with van der Waals surface area (Å²) in [5.74, 6) is -14.4. The van der Waals surface area contributed by atoms with Crippen LogP contribution >= 0.6 is 0 Å². The Hall–Kier alpha value is -4.94. The van der Waals surface area contributed by atoms with Gasteiger partial charge in [0.2, 0.25) is 23.6 Å². The summed E-state index contributed by atoms with van der Waals surface area (Å²) < 4.78 is 71.2. The number of aliphatic hydroxyl groups is 19. The van der Waals surface area contributed by atoms with E-state index in [1.165, 1.54) is 122 Å². The lowest BCUT2D eigenvalue weighted by molar-refractivity contribution is -0.383. The van der Waals surface area contributed by atoms with Gasteiger partial charge in [-0.1, -0.05) is 192 Å². The molecule has 34 atom stereocenters.